The summed E-state index contributed by atoms with van der Waals surface area (Å²) in [6.07, 6.45) is 4.17. The predicted octanol–water partition coefficient (Wildman–Crippen LogP) is 0.344. The molecule has 0 bridgehead atoms. The average Bonchev–Trinajstić information content (AvgIpc) is 2.81. The van der Waals surface area contributed by atoms with E-state index in [4.69, 9.17) is 10.6 Å². The van der Waals surface area contributed by atoms with Gasteiger partial charge in [-0.1, -0.05) is 6.42 Å². The maximum absolute atomic E-state index is 9.76. The van der Waals surface area contributed by atoms with E-state index in [1.165, 1.54) is 13.4 Å². The minimum Gasteiger partial charge on any atom is -0.490 e. The number of hydrogen-bond acceptors (Lipinski definition) is 7. The monoisotopic (exact) mass is 253 g/mol. The van der Waals surface area contributed by atoms with Crippen molar-refractivity contribution < 1.29 is 9.84 Å². The fourth-order valence-corrected chi connectivity index (χ4v) is 2.28. The van der Waals surface area contributed by atoms with Crippen LogP contribution < -0.4 is 21.3 Å². The zero-order valence-electron chi connectivity index (χ0n) is 10.4. The van der Waals surface area contributed by atoms with Crippen molar-refractivity contribution >= 4 is 11.6 Å². The van der Waals surface area contributed by atoms with Crippen molar-refractivity contribution in [1.29, 1.82) is 0 Å². The van der Waals surface area contributed by atoms with Crippen LogP contribution in [0.3, 0.4) is 0 Å². The second kappa shape index (κ2) is 5.83. The lowest BCUT2D eigenvalue weighted by Gasteiger charge is -2.17. The first-order chi connectivity index (χ1) is 8.76. The van der Waals surface area contributed by atoms with E-state index in [1.807, 2.05) is 0 Å². The molecule has 2 rings (SSSR count). The van der Waals surface area contributed by atoms with E-state index in [9.17, 15) is 5.11 Å². The third kappa shape index (κ3) is 2.62. The van der Waals surface area contributed by atoms with E-state index >= 15 is 0 Å². The van der Waals surface area contributed by atoms with Crippen LogP contribution in [0.1, 0.15) is 19.3 Å². The highest BCUT2D eigenvalue weighted by molar-refractivity contribution is 5.62. The fourth-order valence-electron chi connectivity index (χ4n) is 2.28. The first-order valence-corrected chi connectivity index (χ1v) is 6.03. The predicted molar refractivity (Wildman–Crippen MR) is 68.2 cm³/mol. The number of methoxy groups -OCH3 is 1. The van der Waals surface area contributed by atoms with Crippen molar-refractivity contribution in [2.24, 2.45) is 11.8 Å². The highest BCUT2D eigenvalue weighted by atomic mass is 16.5. The normalized spacial score (nSPS) is 22.8. The minimum absolute atomic E-state index is 0.225. The topological polar surface area (TPSA) is 105 Å². The average molecular weight is 253 g/mol. The molecule has 5 N–H and O–H groups in total. The Kier molecular flexibility index (Phi) is 4.16. The van der Waals surface area contributed by atoms with Gasteiger partial charge in [0.25, 0.3) is 0 Å². The Morgan fingerprint density at radius 3 is 2.83 bits per heavy atom. The molecule has 1 saturated carbocycles. The van der Waals surface area contributed by atoms with E-state index in [-0.39, 0.29) is 12.0 Å². The largest absolute Gasteiger partial charge is 0.490 e. The summed E-state index contributed by atoms with van der Waals surface area (Å²) in [4.78, 5) is 8.08. The number of aliphatic hydroxyl groups excluding tert-OH is 1. The number of anilines is 2. The number of aromatic nitrogens is 2. The van der Waals surface area contributed by atoms with Gasteiger partial charge in [0.1, 0.15) is 6.33 Å². The number of nitrogens with zero attached hydrogens (tertiary/aromatic N) is 2. The minimum atomic E-state index is -0.225. The molecule has 1 aromatic rings. The summed E-state index contributed by atoms with van der Waals surface area (Å²) < 4.78 is 5.22. The van der Waals surface area contributed by atoms with Crippen LogP contribution >= 0.6 is 0 Å². The molecular formula is C11H19N5O2. The lowest BCUT2D eigenvalue weighted by Crippen LogP contribution is -2.23. The second-order valence-electron chi connectivity index (χ2n) is 4.39. The molecule has 0 amide bonds. The van der Waals surface area contributed by atoms with Crippen LogP contribution in [0.5, 0.6) is 5.75 Å². The molecule has 1 aliphatic carbocycles. The Morgan fingerprint density at radius 1 is 1.44 bits per heavy atom. The third-order valence-corrected chi connectivity index (χ3v) is 3.30. The van der Waals surface area contributed by atoms with E-state index in [0.29, 0.717) is 23.9 Å². The van der Waals surface area contributed by atoms with Gasteiger partial charge in [-0.25, -0.2) is 15.8 Å². The van der Waals surface area contributed by atoms with E-state index in [0.717, 1.165) is 19.3 Å². The van der Waals surface area contributed by atoms with Gasteiger partial charge >= 0.3 is 0 Å². The zero-order valence-corrected chi connectivity index (χ0v) is 10.4. The van der Waals surface area contributed by atoms with Crippen molar-refractivity contribution in [2.75, 3.05) is 24.4 Å². The molecule has 100 valence electrons. The summed E-state index contributed by atoms with van der Waals surface area (Å²) in [6.45, 7) is 0.665. The molecule has 2 unspecified atom stereocenters. The molecule has 1 aliphatic rings. The molecule has 18 heavy (non-hydrogen) atoms. The van der Waals surface area contributed by atoms with Crippen LogP contribution in [0.4, 0.5) is 11.6 Å². The van der Waals surface area contributed by atoms with E-state index < -0.39 is 0 Å². The number of nitrogen functional groups attached to an aromatic ring is 1. The maximum Gasteiger partial charge on any atom is 0.205 e. The first kappa shape index (κ1) is 12.8. The van der Waals surface area contributed by atoms with Crippen molar-refractivity contribution in [3.05, 3.63) is 6.33 Å². The van der Waals surface area contributed by atoms with E-state index in [2.05, 4.69) is 20.7 Å². The van der Waals surface area contributed by atoms with Crippen LogP contribution in [0.2, 0.25) is 0 Å². The summed E-state index contributed by atoms with van der Waals surface area (Å²) in [5.41, 5.74) is 2.46. The van der Waals surface area contributed by atoms with Gasteiger partial charge in [0.15, 0.2) is 11.6 Å². The summed E-state index contributed by atoms with van der Waals surface area (Å²) in [5, 5.41) is 12.9. The Bertz CT molecular complexity index is 401. The van der Waals surface area contributed by atoms with Crippen molar-refractivity contribution in [3.63, 3.8) is 0 Å². The quantitative estimate of drug-likeness (QED) is 0.443. The lowest BCUT2D eigenvalue weighted by atomic mass is 10.1. The first-order valence-electron chi connectivity index (χ1n) is 6.03. The molecule has 0 radical (unpaired) electrons. The molecular weight excluding hydrogens is 234 g/mol. The SMILES string of the molecule is COc1c(NN)ncnc1NCC1CCCC1O. The Hall–Kier alpha value is -1.60. The van der Waals surface area contributed by atoms with Crippen LogP contribution in [0.15, 0.2) is 6.33 Å². The highest BCUT2D eigenvalue weighted by Gasteiger charge is 2.25. The Balaban J connectivity index is 2.04. The van der Waals surface area contributed by atoms with Gasteiger partial charge < -0.3 is 20.6 Å². The van der Waals surface area contributed by atoms with Gasteiger partial charge in [0, 0.05) is 12.5 Å². The number of hydrazine groups is 1. The molecule has 1 aromatic heterocycles. The third-order valence-electron chi connectivity index (χ3n) is 3.30. The van der Waals surface area contributed by atoms with E-state index in [1.54, 1.807) is 0 Å². The fraction of sp³-hybridized carbons (Fsp3) is 0.636. The van der Waals surface area contributed by atoms with Crippen molar-refractivity contribution in [2.45, 2.75) is 25.4 Å². The molecule has 0 aliphatic heterocycles. The van der Waals surface area contributed by atoms with Gasteiger partial charge in [0.05, 0.1) is 13.2 Å². The number of ether oxygens (including phenoxy) is 1. The molecule has 7 heteroatoms. The summed E-state index contributed by atoms with van der Waals surface area (Å²) in [6, 6.07) is 0. The molecule has 0 spiro atoms. The Morgan fingerprint density at radius 2 is 2.22 bits per heavy atom. The van der Waals surface area contributed by atoms with Gasteiger partial charge in [-0.05, 0) is 12.8 Å². The van der Waals surface area contributed by atoms with Gasteiger partial charge in [-0.3, -0.25) is 0 Å². The van der Waals surface area contributed by atoms with Gasteiger partial charge in [-0.15, -0.1) is 0 Å². The van der Waals surface area contributed by atoms with Crippen LogP contribution in [-0.2, 0) is 0 Å². The standard InChI is InChI=1S/C11H19N5O2/c1-18-9-10(14-6-15-11(9)16-12)13-5-7-3-2-4-8(7)17/h6-8,17H,2-5,12H2,1H3,(H2,13,14,15,16). The molecule has 0 saturated heterocycles. The molecule has 7 nitrogen and oxygen atoms in total. The summed E-state index contributed by atoms with van der Waals surface area (Å²) in [5.74, 6) is 7.10. The second-order valence-corrected chi connectivity index (χ2v) is 4.39. The van der Waals surface area contributed by atoms with Gasteiger partial charge in [-0.2, -0.15) is 0 Å². The highest BCUT2D eigenvalue weighted by Crippen LogP contribution is 2.30. The molecule has 0 aromatic carbocycles. The smallest absolute Gasteiger partial charge is 0.205 e. The number of nitrogens with one attached hydrogen (secondary N) is 2. The molecule has 2 atom stereocenters. The molecule has 1 heterocycles. The molecule has 1 fully saturated rings. The van der Waals surface area contributed by atoms with Crippen molar-refractivity contribution in [3.8, 4) is 5.75 Å². The Labute approximate surface area is 106 Å². The van der Waals surface area contributed by atoms with Crippen molar-refractivity contribution in [1.82, 2.24) is 9.97 Å². The number of rotatable bonds is 5. The lowest BCUT2D eigenvalue weighted by molar-refractivity contribution is 0.138. The van der Waals surface area contributed by atoms with Gasteiger partial charge in [0.2, 0.25) is 5.75 Å². The van der Waals surface area contributed by atoms with Crippen LogP contribution in [0.25, 0.3) is 0 Å². The summed E-state index contributed by atoms with van der Waals surface area (Å²) in [7, 11) is 1.54. The number of nitrogens with two attached hydrogens (primary N) is 1. The zero-order chi connectivity index (χ0) is 13.0. The van der Waals surface area contributed by atoms with Crippen LogP contribution in [-0.4, -0.2) is 34.8 Å². The number of aliphatic hydroxyl groups is 1. The summed E-state index contributed by atoms with van der Waals surface area (Å²) >= 11 is 0. The number of hydrogen-bond donors (Lipinski definition) is 4. The van der Waals surface area contributed by atoms with Crippen LogP contribution in [0, 0.1) is 5.92 Å². The maximum atomic E-state index is 9.76.